The number of benzene rings is 15. The SMILES string of the molecule is CC1(C)OB(c2ccc3c(c2)oc2cccc(-c4c5ccccc5cc5oc6ccccc6c45)c23)OC1(C)C.CC1(C)OB(c2cccc3c2oc2c(-c4c5ccccc5cc5oc6ccccc6c45)cccc23)OC1(C)C.CC1(C)OB(c2cccc3oc4ccc(-c5cccc6c5oc5cc7ccccc7cc56)cc4c23)OC1(C)C. The molecule has 0 spiro atoms. The lowest BCUT2D eigenvalue weighted by Crippen LogP contribution is -2.41. The standard InChI is InChI=1S/3C34H27BO4/c1-33(2)34(3,4)39-35(38-33)27-13-8-14-29-31(27)26-18-22(15-16-28(26)36-29)23-11-7-12-24-25-17-20-9-5-6-10-21(20)19-30(25)37-32(23)24;1-33(2)34(3,4)39-35(38-33)26-17-10-15-23-22-14-9-16-25(31(22)37-32(23)26)29-21-12-6-5-11-20(21)19-28-30(29)24-13-7-8-18-27(24)36-28;1-33(2)34(3,4)39-35(38-33)21-16-17-24-28(19-21)37-27-15-9-13-25(30(24)27)31-22-11-6-5-10-20(22)18-29-32(31)23-12-7-8-14-26(23)36-29/h3*5-19H,1-4H3. The summed E-state index contributed by atoms with van der Waals surface area (Å²) in [6.07, 6.45) is 0. The van der Waals surface area contributed by atoms with Crippen LogP contribution >= 0.6 is 0 Å². The highest BCUT2D eigenvalue weighted by atomic mass is 16.7. The quantitative estimate of drug-likeness (QED) is 0.147. The summed E-state index contributed by atoms with van der Waals surface area (Å²) in [7, 11) is -1.43. The fourth-order valence-corrected chi connectivity index (χ4v) is 17.9. The van der Waals surface area contributed by atoms with Gasteiger partial charge in [0.05, 0.1) is 33.6 Å². The molecule has 24 rings (SSSR count). The smallest absolute Gasteiger partial charge is 0.456 e. The van der Waals surface area contributed by atoms with Gasteiger partial charge in [0, 0.05) is 92.4 Å². The second kappa shape index (κ2) is 25.7. The fraction of sp³-hybridized carbons (Fsp3) is 0.176. The van der Waals surface area contributed by atoms with Gasteiger partial charge in [0.1, 0.15) is 67.0 Å². The number of hydrogen-bond donors (Lipinski definition) is 0. The van der Waals surface area contributed by atoms with Crippen LogP contribution in [0.4, 0.5) is 0 Å². The first-order chi connectivity index (χ1) is 56.4. The van der Waals surface area contributed by atoms with E-state index >= 15 is 0 Å². The van der Waals surface area contributed by atoms with E-state index in [-0.39, 0.29) is 0 Å². The van der Waals surface area contributed by atoms with Gasteiger partial charge in [0.25, 0.3) is 0 Å². The Balaban J connectivity index is 0.000000106. The largest absolute Gasteiger partial charge is 0.498 e. The van der Waals surface area contributed by atoms with Gasteiger partial charge in [-0.3, -0.25) is 0 Å². The zero-order valence-electron chi connectivity index (χ0n) is 67.1. The van der Waals surface area contributed by atoms with E-state index in [0.29, 0.717) is 0 Å². The Hall–Kier alpha value is -12.2. The third-order valence-electron chi connectivity index (χ3n) is 26.1. The zero-order chi connectivity index (χ0) is 79.6. The minimum absolute atomic E-state index is 0.402. The van der Waals surface area contributed by atoms with Gasteiger partial charge in [-0.25, -0.2) is 0 Å². The van der Waals surface area contributed by atoms with Crippen molar-refractivity contribution in [2.45, 2.75) is 117 Å². The summed E-state index contributed by atoms with van der Waals surface area (Å²) in [4.78, 5) is 0. The van der Waals surface area contributed by atoms with Crippen LogP contribution in [0.3, 0.4) is 0 Å². The molecule has 570 valence electrons. The van der Waals surface area contributed by atoms with Crippen LogP contribution in [0.15, 0.2) is 299 Å². The van der Waals surface area contributed by atoms with Crippen LogP contribution in [0.5, 0.6) is 0 Å². The maximum absolute atomic E-state index is 6.81. The zero-order valence-corrected chi connectivity index (χ0v) is 67.1. The Morgan fingerprint density at radius 2 is 0.598 bits per heavy atom. The second-order valence-corrected chi connectivity index (χ2v) is 34.7. The monoisotopic (exact) mass is 1530 g/mol. The van der Waals surface area contributed by atoms with Gasteiger partial charge in [-0.05, 0) is 204 Å². The van der Waals surface area contributed by atoms with E-state index in [1.165, 1.54) is 16.2 Å². The molecule has 3 fully saturated rings. The van der Waals surface area contributed by atoms with Crippen molar-refractivity contribution in [1.82, 2.24) is 0 Å². The molecular weight excluding hydrogens is 1450 g/mol. The highest BCUT2D eigenvalue weighted by Gasteiger charge is 2.55. The van der Waals surface area contributed by atoms with Crippen molar-refractivity contribution >= 4 is 202 Å². The molecule has 0 aliphatic carbocycles. The molecule has 0 unspecified atom stereocenters. The minimum atomic E-state index is -0.509. The predicted octanol–water partition coefficient (Wildman–Crippen LogP) is 25.8. The van der Waals surface area contributed by atoms with Gasteiger partial charge in [0.2, 0.25) is 0 Å². The molecule has 0 atom stereocenters. The average Bonchev–Trinajstić information content (AvgIpc) is 1.61. The molecule has 3 aliphatic rings. The Kier molecular flexibility index (Phi) is 15.7. The van der Waals surface area contributed by atoms with Gasteiger partial charge in [-0.2, -0.15) is 0 Å². The summed E-state index contributed by atoms with van der Waals surface area (Å²) in [5.74, 6) is 0. The summed E-state index contributed by atoms with van der Waals surface area (Å²) < 4.78 is 77.2. The van der Waals surface area contributed by atoms with Crippen LogP contribution in [0.2, 0.25) is 0 Å². The molecule has 15 heteroatoms. The van der Waals surface area contributed by atoms with Crippen molar-refractivity contribution in [3.05, 3.63) is 273 Å². The topological polar surface area (TPSA) is 134 Å². The predicted molar refractivity (Wildman–Crippen MR) is 479 cm³/mol. The molecule has 0 saturated carbocycles. The molecule has 9 heterocycles. The van der Waals surface area contributed by atoms with Gasteiger partial charge in [-0.1, -0.05) is 206 Å². The molecule has 0 N–H and O–H groups in total. The summed E-state index contributed by atoms with van der Waals surface area (Å²) >= 11 is 0. The Morgan fingerprint density at radius 1 is 0.205 bits per heavy atom. The van der Waals surface area contributed by atoms with E-state index in [4.69, 9.17) is 54.4 Å². The molecule has 3 saturated heterocycles. The van der Waals surface area contributed by atoms with Crippen LogP contribution in [-0.2, 0) is 27.9 Å². The van der Waals surface area contributed by atoms with Gasteiger partial charge in [0.15, 0.2) is 0 Å². The number of furan rings is 6. The molecule has 6 aromatic heterocycles. The lowest BCUT2D eigenvalue weighted by atomic mass is 9.76. The second-order valence-electron chi connectivity index (χ2n) is 34.7. The first-order valence-corrected chi connectivity index (χ1v) is 40.3. The molecular formula is C102H81B3O12. The third-order valence-corrected chi connectivity index (χ3v) is 26.1. The van der Waals surface area contributed by atoms with E-state index in [0.717, 1.165) is 198 Å². The average molecular weight is 1530 g/mol. The Bertz CT molecular complexity index is 7680. The minimum Gasteiger partial charge on any atom is -0.456 e. The van der Waals surface area contributed by atoms with Crippen molar-refractivity contribution in [1.29, 1.82) is 0 Å². The van der Waals surface area contributed by atoms with Crippen molar-refractivity contribution in [2.24, 2.45) is 0 Å². The van der Waals surface area contributed by atoms with Gasteiger partial charge >= 0.3 is 21.4 Å². The molecule has 15 aromatic carbocycles. The van der Waals surface area contributed by atoms with Crippen molar-refractivity contribution in [3.8, 4) is 33.4 Å². The first kappa shape index (κ1) is 71.4. The fourth-order valence-electron chi connectivity index (χ4n) is 17.9. The Morgan fingerprint density at radius 3 is 1.21 bits per heavy atom. The van der Waals surface area contributed by atoms with E-state index < -0.39 is 55.0 Å². The number of hydrogen-bond acceptors (Lipinski definition) is 12. The third kappa shape index (κ3) is 11.1. The maximum atomic E-state index is 6.81. The Labute approximate surface area is 675 Å². The van der Waals surface area contributed by atoms with Crippen LogP contribution < -0.4 is 16.4 Å². The number of rotatable bonds is 6. The summed E-state index contributed by atoms with van der Waals surface area (Å²) in [6, 6.07) is 94.7. The number of fused-ring (bicyclic) bond motifs is 21. The van der Waals surface area contributed by atoms with Crippen molar-refractivity contribution in [3.63, 3.8) is 0 Å². The molecule has 21 aromatic rings. The van der Waals surface area contributed by atoms with Crippen LogP contribution in [-0.4, -0.2) is 55.0 Å². The van der Waals surface area contributed by atoms with Gasteiger partial charge in [-0.15, -0.1) is 0 Å². The van der Waals surface area contributed by atoms with Crippen molar-refractivity contribution < 1.29 is 54.4 Å². The van der Waals surface area contributed by atoms with Crippen molar-refractivity contribution in [2.75, 3.05) is 0 Å². The summed E-state index contributed by atoms with van der Waals surface area (Å²) in [5, 5.41) is 20.0. The lowest BCUT2D eigenvalue weighted by Gasteiger charge is -2.32. The van der Waals surface area contributed by atoms with E-state index in [1.54, 1.807) is 0 Å². The maximum Gasteiger partial charge on any atom is 0.498 e. The number of para-hydroxylation sites is 5. The molecule has 12 nitrogen and oxygen atoms in total. The highest BCUT2D eigenvalue weighted by molar-refractivity contribution is 6.66. The van der Waals surface area contributed by atoms with E-state index in [9.17, 15) is 0 Å². The van der Waals surface area contributed by atoms with E-state index in [1.807, 2.05) is 48.5 Å². The van der Waals surface area contributed by atoms with E-state index in [2.05, 4.69) is 308 Å². The molecule has 0 bridgehead atoms. The molecule has 3 aliphatic heterocycles. The first-order valence-electron chi connectivity index (χ1n) is 40.3. The molecule has 117 heavy (non-hydrogen) atoms. The van der Waals surface area contributed by atoms with Crippen LogP contribution in [0.25, 0.3) is 197 Å². The molecule has 0 radical (unpaired) electrons. The molecule has 0 amide bonds. The summed E-state index contributed by atoms with van der Waals surface area (Å²) in [6.45, 7) is 24.9. The summed E-state index contributed by atoms with van der Waals surface area (Å²) in [5.41, 5.74) is 17.2. The van der Waals surface area contributed by atoms with Gasteiger partial charge < -0.3 is 54.4 Å². The van der Waals surface area contributed by atoms with Crippen LogP contribution in [0.1, 0.15) is 83.1 Å². The van der Waals surface area contributed by atoms with Crippen LogP contribution in [0, 0.1) is 0 Å². The normalized spacial score (nSPS) is 16.9. The lowest BCUT2D eigenvalue weighted by molar-refractivity contribution is 0.00578. The highest BCUT2D eigenvalue weighted by Crippen LogP contribution is 2.50.